The molecule has 3 aromatic rings. The summed E-state index contributed by atoms with van der Waals surface area (Å²) in [4.78, 5) is 12.8. The number of carbonyl (C=O) groups excluding carboxylic acids is 1. The molecule has 0 saturated carbocycles. The molecule has 0 bridgehead atoms. The highest BCUT2D eigenvalue weighted by atomic mass is 79.9. The van der Waals surface area contributed by atoms with Crippen LogP contribution in [0, 0.1) is 0 Å². The van der Waals surface area contributed by atoms with E-state index in [-0.39, 0.29) is 17.9 Å². The van der Waals surface area contributed by atoms with E-state index in [1.807, 2.05) is 30.3 Å². The molecule has 1 heterocycles. The normalized spacial score (nSPS) is 12.5. The molecule has 1 amide bonds. The zero-order chi connectivity index (χ0) is 20.0. The van der Waals surface area contributed by atoms with E-state index >= 15 is 0 Å². The minimum Gasteiger partial charge on any atom is -0.467 e. The van der Waals surface area contributed by atoms with Crippen molar-refractivity contribution in [3.63, 3.8) is 0 Å². The first-order chi connectivity index (χ1) is 13.4. The molecule has 0 aliphatic rings. The Bertz CT molecular complexity index is 1000. The molecular formula is C20H19BrN2O4S. The van der Waals surface area contributed by atoms with Crippen LogP contribution in [0.2, 0.25) is 0 Å². The van der Waals surface area contributed by atoms with Crippen molar-refractivity contribution in [2.75, 3.05) is 0 Å². The average Bonchev–Trinajstić information content (AvgIpc) is 3.20. The first-order valence-corrected chi connectivity index (χ1v) is 10.8. The van der Waals surface area contributed by atoms with Crippen LogP contribution in [-0.2, 0) is 27.8 Å². The molecule has 0 saturated heterocycles. The van der Waals surface area contributed by atoms with E-state index < -0.39 is 22.0 Å². The third kappa shape index (κ3) is 5.54. The number of hydrogen-bond donors (Lipinski definition) is 2. The van der Waals surface area contributed by atoms with Crippen LogP contribution in [0.25, 0.3) is 0 Å². The molecule has 0 spiro atoms. The number of rotatable bonds is 8. The number of sulfonamides is 1. The van der Waals surface area contributed by atoms with Crippen LogP contribution in [0.15, 0.2) is 86.8 Å². The Balaban J connectivity index is 1.78. The summed E-state index contributed by atoms with van der Waals surface area (Å²) in [6, 6.07) is 18.0. The van der Waals surface area contributed by atoms with Gasteiger partial charge in [0, 0.05) is 4.47 Å². The van der Waals surface area contributed by atoms with Gasteiger partial charge in [0.25, 0.3) is 0 Å². The van der Waals surface area contributed by atoms with Gasteiger partial charge in [-0.25, -0.2) is 8.42 Å². The summed E-state index contributed by atoms with van der Waals surface area (Å²) >= 11 is 3.28. The molecular weight excluding hydrogens is 444 g/mol. The third-order valence-corrected chi connectivity index (χ3v) is 6.05. The van der Waals surface area contributed by atoms with Crippen LogP contribution >= 0.6 is 15.9 Å². The second kappa shape index (κ2) is 9.18. The smallest absolute Gasteiger partial charge is 0.241 e. The van der Waals surface area contributed by atoms with Crippen molar-refractivity contribution in [1.82, 2.24) is 10.0 Å². The fraction of sp³-hybridized carbons (Fsp3) is 0.150. The van der Waals surface area contributed by atoms with E-state index in [4.69, 9.17) is 4.42 Å². The summed E-state index contributed by atoms with van der Waals surface area (Å²) in [6.07, 6.45) is 1.74. The maximum Gasteiger partial charge on any atom is 0.241 e. The van der Waals surface area contributed by atoms with Gasteiger partial charge in [-0.05, 0) is 48.4 Å². The van der Waals surface area contributed by atoms with Gasteiger partial charge in [0.05, 0.1) is 17.7 Å². The monoisotopic (exact) mass is 462 g/mol. The molecule has 8 heteroatoms. The van der Waals surface area contributed by atoms with Gasteiger partial charge in [-0.2, -0.15) is 4.72 Å². The van der Waals surface area contributed by atoms with E-state index in [1.54, 1.807) is 24.3 Å². The second-order valence-electron chi connectivity index (χ2n) is 6.11. The lowest BCUT2D eigenvalue weighted by atomic mass is 10.1. The van der Waals surface area contributed by atoms with Gasteiger partial charge < -0.3 is 9.73 Å². The van der Waals surface area contributed by atoms with Crippen LogP contribution in [0.1, 0.15) is 11.3 Å². The first kappa shape index (κ1) is 20.3. The maximum atomic E-state index is 12.8. The van der Waals surface area contributed by atoms with Gasteiger partial charge >= 0.3 is 0 Å². The Morgan fingerprint density at radius 2 is 1.71 bits per heavy atom. The van der Waals surface area contributed by atoms with Crippen LogP contribution in [0.3, 0.4) is 0 Å². The van der Waals surface area contributed by atoms with Crippen molar-refractivity contribution in [2.24, 2.45) is 0 Å². The lowest BCUT2D eigenvalue weighted by Gasteiger charge is -2.18. The Morgan fingerprint density at radius 3 is 2.36 bits per heavy atom. The number of hydrogen-bond acceptors (Lipinski definition) is 4. The SMILES string of the molecule is O=C(NCc1ccco1)[C@@H](Cc1ccccc1)NS(=O)(=O)c1ccc(Br)cc1. The zero-order valence-electron chi connectivity index (χ0n) is 14.8. The first-order valence-electron chi connectivity index (χ1n) is 8.56. The van der Waals surface area contributed by atoms with E-state index in [0.29, 0.717) is 5.76 Å². The van der Waals surface area contributed by atoms with Gasteiger partial charge in [-0.3, -0.25) is 4.79 Å². The van der Waals surface area contributed by atoms with Crippen LogP contribution in [0.5, 0.6) is 0 Å². The number of halogens is 1. The highest BCUT2D eigenvalue weighted by molar-refractivity contribution is 9.10. The van der Waals surface area contributed by atoms with Crippen molar-refractivity contribution < 1.29 is 17.6 Å². The molecule has 6 nitrogen and oxygen atoms in total. The molecule has 0 unspecified atom stereocenters. The molecule has 3 rings (SSSR count). The topological polar surface area (TPSA) is 88.4 Å². The van der Waals surface area contributed by atoms with Crippen LogP contribution in [0.4, 0.5) is 0 Å². The molecule has 0 aliphatic heterocycles. The van der Waals surface area contributed by atoms with Gasteiger partial charge in [-0.1, -0.05) is 46.3 Å². The van der Waals surface area contributed by atoms with Crippen molar-refractivity contribution >= 4 is 31.9 Å². The summed E-state index contributed by atoms with van der Waals surface area (Å²) in [5.41, 5.74) is 0.846. The molecule has 28 heavy (non-hydrogen) atoms. The summed E-state index contributed by atoms with van der Waals surface area (Å²) in [5, 5.41) is 2.72. The molecule has 0 radical (unpaired) electrons. The Morgan fingerprint density at radius 1 is 1.00 bits per heavy atom. The Labute approximate surface area is 172 Å². The number of furan rings is 1. The molecule has 1 aromatic heterocycles. The predicted molar refractivity (Wildman–Crippen MR) is 109 cm³/mol. The van der Waals surface area contributed by atoms with E-state index in [9.17, 15) is 13.2 Å². The fourth-order valence-electron chi connectivity index (χ4n) is 2.62. The molecule has 1 atom stereocenters. The number of amides is 1. The quantitative estimate of drug-likeness (QED) is 0.537. The highest BCUT2D eigenvalue weighted by Crippen LogP contribution is 2.16. The van der Waals surface area contributed by atoms with Crippen molar-refractivity contribution in [3.8, 4) is 0 Å². The number of benzene rings is 2. The third-order valence-electron chi connectivity index (χ3n) is 4.04. The Hall–Kier alpha value is -2.42. The molecule has 0 fully saturated rings. The zero-order valence-corrected chi connectivity index (χ0v) is 17.2. The van der Waals surface area contributed by atoms with E-state index in [0.717, 1.165) is 10.0 Å². The van der Waals surface area contributed by atoms with Crippen LogP contribution in [-0.4, -0.2) is 20.4 Å². The van der Waals surface area contributed by atoms with Crippen molar-refractivity contribution in [2.45, 2.75) is 23.9 Å². The maximum absolute atomic E-state index is 12.8. The fourth-order valence-corrected chi connectivity index (χ4v) is 4.08. The molecule has 2 N–H and O–H groups in total. The lowest BCUT2D eigenvalue weighted by molar-refractivity contribution is -0.122. The van der Waals surface area contributed by atoms with E-state index in [1.165, 1.54) is 18.4 Å². The largest absolute Gasteiger partial charge is 0.467 e. The number of nitrogens with one attached hydrogen (secondary N) is 2. The predicted octanol–water partition coefficient (Wildman–Crippen LogP) is 3.25. The summed E-state index contributed by atoms with van der Waals surface area (Å²) in [7, 11) is -3.87. The second-order valence-corrected chi connectivity index (χ2v) is 8.74. The van der Waals surface area contributed by atoms with Gasteiger partial charge in [-0.15, -0.1) is 0 Å². The summed E-state index contributed by atoms with van der Waals surface area (Å²) in [6.45, 7) is 0.178. The molecule has 2 aromatic carbocycles. The highest BCUT2D eigenvalue weighted by Gasteiger charge is 2.26. The minimum atomic E-state index is -3.87. The van der Waals surface area contributed by atoms with E-state index in [2.05, 4.69) is 26.0 Å². The van der Waals surface area contributed by atoms with Gasteiger partial charge in [0.1, 0.15) is 11.8 Å². The molecule has 146 valence electrons. The van der Waals surface area contributed by atoms with Crippen molar-refractivity contribution in [1.29, 1.82) is 0 Å². The standard InChI is InChI=1S/C20H19BrN2O4S/c21-16-8-10-18(11-9-16)28(25,26)23-19(13-15-5-2-1-3-6-15)20(24)22-14-17-7-4-12-27-17/h1-12,19,23H,13-14H2,(H,22,24)/t19-/m1/s1. The minimum absolute atomic E-state index is 0.0904. The van der Waals surface area contributed by atoms with Gasteiger partial charge in [0.15, 0.2) is 0 Å². The average molecular weight is 463 g/mol. The van der Waals surface area contributed by atoms with Gasteiger partial charge in [0.2, 0.25) is 15.9 Å². The summed E-state index contributed by atoms with van der Waals surface area (Å²) < 4.78 is 34.0. The van der Waals surface area contributed by atoms with Crippen LogP contribution < -0.4 is 10.0 Å². The number of carbonyl (C=O) groups is 1. The lowest BCUT2D eigenvalue weighted by Crippen LogP contribution is -2.47. The van der Waals surface area contributed by atoms with Crippen molar-refractivity contribution in [3.05, 3.63) is 88.8 Å². The Kier molecular flexibility index (Phi) is 6.66. The molecule has 0 aliphatic carbocycles. The summed E-state index contributed by atoms with van der Waals surface area (Å²) in [5.74, 6) is 0.156.